The van der Waals surface area contributed by atoms with Gasteiger partial charge in [-0.1, -0.05) is 87.1 Å². The lowest BCUT2D eigenvalue weighted by Crippen LogP contribution is -2.30. The van der Waals surface area contributed by atoms with Crippen molar-refractivity contribution in [2.75, 3.05) is 0 Å². The highest BCUT2D eigenvalue weighted by Crippen LogP contribution is 2.39. The fourth-order valence-electron chi connectivity index (χ4n) is 6.50. The molecular weight excluding hydrogens is 480 g/mol. The van der Waals surface area contributed by atoms with Gasteiger partial charge in [-0.05, 0) is 98.3 Å². The average molecular weight is 541 g/mol. The standard InChI is InChI=1S/C33H52O3.C3H8/c1-9-13-26(28(11-3)30(35)17-22(4)34)18-24-19-29-27(14-10-2)21-25(15-12-16-33(6,7)8)23(5)32(29)31(36)20-24;1-3-2/h21,24,26,28H,9-20H2,1-8H3;3H2,1-2H3. The summed E-state index contributed by atoms with van der Waals surface area (Å²) in [6.45, 7) is 21.2. The van der Waals surface area contributed by atoms with Crippen LogP contribution in [0.1, 0.15) is 159 Å². The molecule has 3 unspecified atom stereocenters. The molecule has 1 aromatic carbocycles. The second kappa shape index (κ2) is 17.1. The Kier molecular flexibility index (Phi) is 15.5. The smallest absolute Gasteiger partial charge is 0.163 e. The summed E-state index contributed by atoms with van der Waals surface area (Å²) >= 11 is 0. The molecule has 3 heteroatoms. The number of rotatable bonds is 14. The second-order valence-electron chi connectivity index (χ2n) is 13.4. The highest BCUT2D eigenvalue weighted by Gasteiger charge is 2.34. The van der Waals surface area contributed by atoms with Crippen LogP contribution in [-0.2, 0) is 28.9 Å². The van der Waals surface area contributed by atoms with E-state index in [1.807, 2.05) is 0 Å². The molecule has 0 N–H and O–H groups in total. The van der Waals surface area contributed by atoms with Crippen LogP contribution in [0.3, 0.4) is 0 Å². The highest BCUT2D eigenvalue weighted by atomic mass is 16.1. The van der Waals surface area contributed by atoms with Crippen LogP contribution in [0.25, 0.3) is 0 Å². The van der Waals surface area contributed by atoms with E-state index in [1.165, 1.54) is 42.0 Å². The van der Waals surface area contributed by atoms with Crippen LogP contribution in [0, 0.1) is 30.1 Å². The zero-order chi connectivity index (χ0) is 29.8. The molecule has 39 heavy (non-hydrogen) atoms. The van der Waals surface area contributed by atoms with Gasteiger partial charge in [0.15, 0.2) is 5.78 Å². The van der Waals surface area contributed by atoms with E-state index in [9.17, 15) is 14.4 Å². The lowest BCUT2D eigenvalue weighted by atomic mass is 9.70. The van der Waals surface area contributed by atoms with Crippen LogP contribution in [0.4, 0.5) is 0 Å². The number of carbonyl (C=O) groups excluding carboxylic acids is 3. The van der Waals surface area contributed by atoms with Crippen molar-refractivity contribution in [2.45, 2.75) is 153 Å². The van der Waals surface area contributed by atoms with Gasteiger partial charge in [0.2, 0.25) is 0 Å². The third-order valence-corrected chi connectivity index (χ3v) is 8.17. The third kappa shape index (κ3) is 11.3. The number of aryl methyl sites for hydroxylation is 2. The summed E-state index contributed by atoms with van der Waals surface area (Å²) in [5.74, 6) is 0.794. The van der Waals surface area contributed by atoms with Gasteiger partial charge in [0.1, 0.15) is 11.6 Å². The second-order valence-corrected chi connectivity index (χ2v) is 13.4. The molecular formula is C36H60O3. The normalized spacial score (nSPS) is 16.7. The fraction of sp³-hybridized carbons (Fsp3) is 0.750. The van der Waals surface area contributed by atoms with Crippen molar-refractivity contribution in [3.8, 4) is 0 Å². The molecule has 0 saturated heterocycles. The molecule has 0 aromatic heterocycles. The molecule has 0 fully saturated rings. The van der Waals surface area contributed by atoms with Crippen LogP contribution in [0.5, 0.6) is 0 Å². The number of hydrogen-bond donors (Lipinski definition) is 0. The number of fused-ring (bicyclic) bond motifs is 1. The van der Waals surface area contributed by atoms with Crippen molar-refractivity contribution in [1.29, 1.82) is 0 Å². The van der Waals surface area contributed by atoms with Crippen molar-refractivity contribution in [1.82, 2.24) is 0 Å². The van der Waals surface area contributed by atoms with Gasteiger partial charge in [-0.3, -0.25) is 14.4 Å². The van der Waals surface area contributed by atoms with Gasteiger partial charge in [-0.25, -0.2) is 0 Å². The first-order valence-corrected chi connectivity index (χ1v) is 16.0. The van der Waals surface area contributed by atoms with Crippen molar-refractivity contribution in [2.24, 2.45) is 23.2 Å². The van der Waals surface area contributed by atoms with Gasteiger partial charge in [0.25, 0.3) is 0 Å². The zero-order valence-corrected chi connectivity index (χ0v) is 27.2. The van der Waals surface area contributed by atoms with E-state index in [4.69, 9.17) is 0 Å². The minimum Gasteiger partial charge on any atom is -0.300 e. The Morgan fingerprint density at radius 1 is 0.974 bits per heavy atom. The Balaban J connectivity index is 0.00000242. The van der Waals surface area contributed by atoms with E-state index < -0.39 is 0 Å². The van der Waals surface area contributed by atoms with Crippen LogP contribution in [0.2, 0.25) is 0 Å². The molecule has 0 radical (unpaired) electrons. The molecule has 0 amide bonds. The summed E-state index contributed by atoms with van der Waals surface area (Å²) in [5.41, 5.74) is 6.56. The highest BCUT2D eigenvalue weighted by molar-refractivity contribution is 6.01. The first-order valence-electron chi connectivity index (χ1n) is 16.0. The zero-order valence-electron chi connectivity index (χ0n) is 27.2. The third-order valence-electron chi connectivity index (χ3n) is 8.17. The van der Waals surface area contributed by atoms with E-state index in [2.05, 4.69) is 68.4 Å². The summed E-state index contributed by atoms with van der Waals surface area (Å²) in [5, 5.41) is 0. The lowest BCUT2D eigenvalue weighted by Gasteiger charge is -2.33. The van der Waals surface area contributed by atoms with Crippen LogP contribution >= 0.6 is 0 Å². The van der Waals surface area contributed by atoms with Gasteiger partial charge in [-0.2, -0.15) is 0 Å². The van der Waals surface area contributed by atoms with Crippen LogP contribution in [0.15, 0.2) is 6.07 Å². The van der Waals surface area contributed by atoms with Gasteiger partial charge >= 0.3 is 0 Å². The van der Waals surface area contributed by atoms with Gasteiger partial charge < -0.3 is 0 Å². The molecule has 2 rings (SSSR count). The van der Waals surface area contributed by atoms with Crippen molar-refractivity contribution in [3.63, 3.8) is 0 Å². The number of hydrogen-bond acceptors (Lipinski definition) is 3. The quantitative estimate of drug-likeness (QED) is 0.221. The topological polar surface area (TPSA) is 51.2 Å². The van der Waals surface area contributed by atoms with Crippen molar-refractivity contribution >= 4 is 17.3 Å². The van der Waals surface area contributed by atoms with E-state index in [0.29, 0.717) is 17.6 Å². The molecule has 1 aromatic rings. The van der Waals surface area contributed by atoms with Gasteiger partial charge in [0.05, 0.1) is 6.42 Å². The monoisotopic (exact) mass is 540 g/mol. The van der Waals surface area contributed by atoms with E-state index in [-0.39, 0.29) is 35.7 Å². The molecule has 0 spiro atoms. The Labute approximate surface area is 241 Å². The SMILES string of the molecule is CCC.CCCc1cc(CCCC(C)(C)C)c(C)c2c1CC(CC(CCC)C(CC)C(=O)CC(C)=O)CC2=O. The Morgan fingerprint density at radius 2 is 1.62 bits per heavy atom. The minimum absolute atomic E-state index is 0.0446. The number of ketones is 3. The molecule has 222 valence electrons. The fourth-order valence-corrected chi connectivity index (χ4v) is 6.50. The molecule has 0 heterocycles. The summed E-state index contributed by atoms with van der Waals surface area (Å²) in [4.78, 5) is 38.1. The molecule has 3 nitrogen and oxygen atoms in total. The van der Waals surface area contributed by atoms with E-state index >= 15 is 0 Å². The lowest BCUT2D eigenvalue weighted by molar-refractivity contribution is -0.129. The van der Waals surface area contributed by atoms with Crippen molar-refractivity contribution < 1.29 is 14.4 Å². The summed E-state index contributed by atoms with van der Waals surface area (Å²) in [6.07, 6.45) is 12.0. The van der Waals surface area contributed by atoms with E-state index in [1.54, 1.807) is 0 Å². The maximum atomic E-state index is 13.6. The molecule has 0 bridgehead atoms. The first-order chi connectivity index (χ1) is 18.3. The minimum atomic E-state index is -0.0765. The molecule has 0 aliphatic heterocycles. The first kappa shape index (κ1) is 35.3. The maximum absolute atomic E-state index is 13.6. The average Bonchev–Trinajstić information content (AvgIpc) is 2.81. The molecule has 3 atom stereocenters. The Hall–Kier alpha value is -1.77. The van der Waals surface area contributed by atoms with E-state index in [0.717, 1.165) is 63.4 Å². The Morgan fingerprint density at radius 3 is 2.13 bits per heavy atom. The molecule has 0 saturated carbocycles. The molecule has 1 aliphatic carbocycles. The summed E-state index contributed by atoms with van der Waals surface area (Å²) < 4.78 is 0. The molecule has 1 aliphatic rings. The maximum Gasteiger partial charge on any atom is 0.163 e. The Bertz CT molecular complexity index is 934. The van der Waals surface area contributed by atoms with Crippen molar-refractivity contribution in [3.05, 3.63) is 33.9 Å². The predicted molar refractivity (Wildman–Crippen MR) is 167 cm³/mol. The van der Waals surface area contributed by atoms with Crippen LogP contribution < -0.4 is 0 Å². The summed E-state index contributed by atoms with van der Waals surface area (Å²) in [7, 11) is 0. The number of Topliss-reactive ketones (excluding diaryl/α,β-unsaturated/α-hetero) is 3. The van der Waals surface area contributed by atoms with Gasteiger partial charge in [0, 0.05) is 17.9 Å². The number of carbonyl (C=O) groups is 3. The number of benzene rings is 1. The predicted octanol–water partition coefficient (Wildman–Crippen LogP) is 9.86. The summed E-state index contributed by atoms with van der Waals surface area (Å²) in [6, 6.07) is 2.41. The largest absolute Gasteiger partial charge is 0.300 e. The van der Waals surface area contributed by atoms with Gasteiger partial charge in [-0.15, -0.1) is 0 Å². The van der Waals surface area contributed by atoms with Crippen LogP contribution in [-0.4, -0.2) is 17.3 Å².